The average Bonchev–Trinajstić information content (AvgIpc) is 2.15. The molecule has 1 rings (SSSR count). The summed E-state index contributed by atoms with van der Waals surface area (Å²) in [6.45, 7) is 3.75. The second-order valence-corrected chi connectivity index (χ2v) is 4.41. The van der Waals surface area contributed by atoms with E-state index in [-0.39, 0.29) is 0 Å². The number of primary amides is 1. The smallest absolute Gasteiger partial charge is 0.252 e. The molecule has 0 aromatic carbocycles. The number of pyridine rings is 1. The lowest BCUT2D eigenvalue weighted by atomic mass is 10.1. The Morgan fingerprint density at radius 2 is 2.25 bits per heavy atom. The summed E-state index contributed by atoms with van der Waals surface area (Å²) >= 11 is 0. The fourth-order valence-corrected chi connectivity index (χ4v) is 1.55. The van der Waals surface area contributed by atoms with E-state index < -0.39 is 11.5 Å². The summed E-state index contributed by atoms with van der Waals surface area (Å²) in [5.74, 6) is -0.0391. The van der Waals surface area contributed by atoms with Gasteiger partial charge in [-0.3, -0.25) is 4.79 Å². The first-order chi connectivity index (χ1) is 7.31. The van der Waals surface area contributed by atoms with Crippen molar-refractivity contribution >= 4 is 11.7 Å². The summed E-state index contributed by atoms with van der Waals surface area (Å²) in [6, 6.07) is 3.27. The van der Waals surface area contributed by atoms with Gasteiger partial charge >= 0.3 is 0 Å². The Morgan fingerprint density at radius 3 is 2.75 bits per heavy atom. The van der Waals surface area contributed by atoms with E-state index in [1.165, 1.54) is 0 Å². The number of carbonyl (C=O) groups excluding carboxylic acids is 1. The molecule has 0 aliphatic rings. The Bertz CT molecular complexity index is 385. The van der Waals surface area contributed by atoms with Crippen LogP contribution in [0.5, 0.6) is 0 Å². The van der Waals surface area contributed by atoms with Gasteiger partial charge in [-0.05, 0) is 26.0 Å². The Balaban J connectivity index is 2.99. The zero-order valence-electron chi connectivity index (χ0n) is 9.77. The van der Waals surface area contributed by atoms with Crippen LogP contribution in [0, 0.1) is 0 Å². The first-order valence-corrected chi connectivity index (χ1v) is 4.99. The van der Waals surface area contributed by atoms with Gasteiger partial charge in [0.15, 0.2) is 0 Å². The average molecular weight is 223 g/mol. The highest BCUT2D eigenvalue weighted by Gasteiger charge is 2.19. The summed E-state index contributed by atoms with van der Waals surface area (Å²) in [6.07, 6.45) is 1.59. The summed E-state index contributed by atoms with van der Waals surface area (Å²) in [4.78, 5) is 17.0. The zero-order valence-corrected chi connectivity index (χ0v) is 9.77. The molecule has 1 heterocycles. The van der Waals surface area contributed by atoms with Crippen molar-refractivity contribution in [3.63, 3.8) is 0 Å². The molecule has 0 bridgehead atoms. The predicted octanol–water partition coefficient (Wildman–Crippen LogP) is 0.388. The van der Waals surface area contributed by atoms with E-state index >= 15 is 0 Å². The number of rotatable bonds is 4. The number of likely N-dealkylation sites (N-methyl/N-ethyl adjacent to an activating group) is 1. The molecule has 0 spiro atoms. The summed E-state index contributed by atoms with van der Waals surface area (Å²) in [5, 5.41) is 9.69. The van der Waals surface area contributed by atoms with Crippen molar-refractivity contribution in [1.82, 2.24) is 4.98 Å². The van der Waals surface area contributed by atoms with E-state index in [4.69, 9.17) is 5.73 Å². The molecule has 0 aliphatic heterocycles. The van der Waals surface area contributed by atoms with Gasteiger partial charge in [-0.1, -0.05) is 0 Å². The molecular formula is C11H17N3O2. The maximum absolute atomic E-state index is 11.2. The molecular weight excluding hydrogens is 206 g/mol. The van der Waals surface area contributed by atoms with Crippen molar-refractivity contribution in [2.45, 2.75) is 19.4 Å². The van der Waals surface area contributed by atoms with Crippen LogP contribution >= 0.6 is 0 Å². The SMILES string of the molecule is CN(CC(C)(C)O)c1ncccc1C(N)=O. The van der Waals surface area contributed by atoms with Crippen LogP contribution < -0.4 is 10.6 Å². The van der Waals surface area contributed by atoms with Gasteiger partial charge in [0.1, 0.15) is 5.82 Å². The summed E-state index contributed by atoms with van der Waals surface area (Å²) in [7, 11) is 1.76. The maximum Gasteiger partial charge on any atom is 0.252 e. The van der Waals surface area contributed by atoms with Crippen molar-refractivity contribution in [1.29, 1.82) is 0 Å². The van der Waals surface area contributed by atoms with Gasteiger partial charge in [-0.2, -0.15) is 0 Å². The minimum atomic E-state index is -0.860. The van der Waals surface area contributed by atoms with Crippen LogP contribution in [0.3, 0.4) is 0 Å². The van der Waals surface area contributed by atoms with E-state index in [1.54, 1.807) is 44.1 Å². The van der Waals surface area contributed by atoms with Gasteiger partial charge < -0.3 is 15.7 Å². The fourth-order valence-electron chi connectivity index (χ4n) is 1.55. The number of nitrogens with two attached hydrogens (primary N) is 1. The Hall–Kier alpha value is -1.62. The Kier molecular flexibility index (Phi) is 3.49. The van der Waals surface area contributed by atoms with Crippen LogP contribution in [0.15, 0.2) is 18.3 Å². The number of nitrogens with zero attached hydrogens (tertiary/aromatic N) is 2. The van der Waals surface area contributed by atoms with Crippen molar-refractivity contribution < 1.29 is 9.90 Å². The number of carbonyl (C=O) groups is 1. The third kappa shape index (κ3) is 3.20. The van der Waals surface area contributed by atoms with E-state index in [0.717, 1.165) is 0 Å². The van der Waals surface area contributed by atoms with Gasteiger partial charge in [0.05, 0.1) is 11.2 Å². The van der Waals surface area contributed by atoms with Crippen molar-refractivity contribution in [2.75, 3.05) is 18.5 Å². The first kappa shape index (κ1) is 12.4. The molecule has 1 aromatic heterocycles. The molecule has 0 radical (unpaired) electrons. The molecule has 1 aromatic rings. The number of aliphatic hydroxyl groups is 1. The molecule has 0 saturated heterocycles. The third-order valence-electron chi connectivity index (χ3n) is 2.04. The van der Waals surface area contributed by atoms with Gasteiger partial charge in [-0.15, -0.1) is 0 Å². The number of aromatic nitrogens is 1. The largest absolute Gasteiger partial charge is 0.389 e. The van der Waals surface area contributed by atoms with E-state index in [2.05, 4.69) is 4.98 Å². The highest BCUT2D eigenvalue weighted by molar-refractivity contribution is 5.97. The summed E-state index contributed by atoms with van der Waals surface area (Å²) in [5.41, 5.74) is 4.74. The van der Waals surface area contributed by atoms with E-state index in [0.29, 0.717) is 17.9 Å². The Labute approximate surface area is 94.9 Å². The molecule has 0 unspecified atom stereocenters. The van der Waals surface area contributed by atoms with Crippen molar-refractivity contribution in [2.24, 2.45) is 5.73 Å². The quantitative estimate of drug-likeness (QED) is 0.773. The number of hydrogen-bond donors (Lipinski definition) is 2. The monoisotopic (exact) mass is 223 g/mol. The molecule has 0 aliphatic carbocycles. The third-order valence-corrected chi connectivity index (χ3v) is 2.04. The standard InChI is InChI=1S/C11H17N3O2/c1-11(2,16)7-14(3)10-8(9(12)15)5-4-6-13-10/h4-6,16H,7H2,1-3H3,(H2,12,15). The normalized spacial score (nSPS) is 11.2. The highest BCUT2D eigenvalue weighted by atomic mass is 16.3. The second-order valence-electron chi connectivity index (χ2n) is 4.41. The molecule has 88 valence electrons. The lowest BCUT2D eigenvalue weighted by molar-refractivity contribution is 0.0880. The van der Waals surface area contributed by atoms with Gasteiger partial charge in [0, 0.05) is 19.8 Å². The number of hydrogen-bond acceptors (Lipinski definition) is 4. The van der Waals surface area contributed by atoms with Crippen LogP contribution in [0.25, 0.3) is 0 Å². The van der Waals surface area contributed by atoms with Crippen molar-refractivity contribution in [3.05, 3.63) is 23.9 Å². The molecule has 1 amide bonds. The molecule has 0 fully saturated rings. The van der Waals surface area contributed by atoms with Crippen LogP contribution in [0.4, 0.5) is 5.82 Å². The first-order valence-electron chi connectivity index (χ1n) is 4.99. The zero-order chi connectivity index (χ0) is 12.3. The van der Waals surface area contributed by atoms with Crippen LogP contribution in [0.1, 0.15) is 24.2 Å². The lowest BCUT2D eigenvalue weighted by Crippen LogP contribution is -2.37. The van der Waals surface area contributed by atoms with Gasteiger partial charge in [0.25, 0.3) is 5.91 Å². The molecule has 0 saturated carbocycles. The summed E-state index contributed by atoms with van der Waals surface area (Å²) < 4.78 is 0. The van der Waals surface area contributed by atoms with Gasteiger partial charge in [-0.25, -0.2) is 4.98 Å². The minimum absolute atomic E-state index is 0.356. The number of amides is 1. The molecule has 16 heavy (non-hydrogen) atoms. The van der Waals surface area contributed by atoms with Crippen LogP contribution in [0.2, 0.25) is 0 Å². The second kappa shape index (κ2) is 4.49. The molecule has 0 atom stereocenters. The Morgan fingerprint density at radius 1 is 1.62 bits per heavy atom. The molecule has 5 heteroatoms. The predicted molar refractivity (Wildman–Crippen MR) is 62.3 cm³/mol. The number of anilines is 1. The lowest BCUT2D eigenvalue weighted by Gasteiger charge is -2.27. The van der Waals surface area contributed by atoms with Crippen LogP contribution in [-0.2, 0) is 0 Å². The fraction of sp³-hybridized carbons (Fsp3) is 0.455. The van der Waals surface area contributed by atoms with E-state index in [1.807, 2.05) is 0 Å². The topological polar surface area (TPSA) is 79.4 Å². The van der Waals surface area contributed by atoms with Gasteiger partial charge in [0.2, 0.25) is 0 Å². The molecule has 3 N–H and O–H groups in total. The van der Waals surface area contributed by atoms with Crippen LogP contribution in [-0.4, -0.2) is 35.2 Å². The van der Waals surface area contributed by atoms with Crippen molar-refractivity contribution in [3.8, 4) is 0 Å². The minimum Gasteiger partial charge on any atom is -0.389 e. The molecule has 5 nitrogen and oxygen atoms in total. The highest BCUT2D eigenvalue weighted by Crippen LogP contribution is 2.17. The van der Waals surface area contributed by atoms with E-state index in [9.17, 15) is 9.90 Å². The maximum atomic E-state index is 11.2.